The molecule has 0 radical (unpaired) electrons. The zero-order valence-corrected chi connectivity index (χ0v) is 19.3. The van der Waals surface area contributed by atoms with Crippen molar-refractivity contribution in [2.45, 2.75) is 25.7 Å². The Bertz CT molecular complexity index is 999. The first-order chi connectivity index (χ1) is 16.4. The fraction of sp³-hybridized carbons (Fsp3) is 0.188. The second-order valence-electron chi connectivity index (χ2n) is 8.49. The Kier molecular flexibility index (Phi) is 8.53. The van der Waals surface area contributed by atoms with Gasteiger partial charge in [-0.25, -0.2) is 0 Å². The van der Waals surface area contributed by atoms with Gasteiger partial charge in [-0.3, -0.25) is 0 Å². The fourth-order valence-electron chi connectivity index (χ4n) is 4.24. The molecule has 4 rings (SSSR count). The highest BCUT2D eigenvalue weighted by atomic mass is 15.1. The smallest absolute Gasteiger partial charge is 0.0175 e. The predicted octanol–water partition coefficient (Wildman–Crippen LogP) is 7.64. The first-order valence-corrected chi connectivity index (χ1v) is 12.0. The van der Waals surface area contributed by atoms with Gasteiger partial charge < -0.3 is 4.90 Å². The van der Waals surface area contributed by atoms with Crippen LogP contribution < -0.4 is 0 Å². The van der Waals surface area contributed by atoms with Crippen LogP contribution in [0, 0.1) is 0 Å². The SMILES string of the molecule is C(=C(c1ccccc1)c1ccccc1)N(CCCc1ccccc1)CCCc1ccccc1. The van der Waals surface area contributed by atoms with Crippen LogP contribution in [0.3, 0.4) is 0 Å². The first-order valence-electron chi connectivity index (χ1n) is 12.0. The van der Waals surface area contributed by atoms with Crippen LogP contribution in [-0.4, -0.2) is 18.0 Å². The van der Waals surface area contributed by atoms with Crippen LogP contribution in [-0.2, 0) is 12.8 Å². The molecule has 0 unspecified atom stereocenters. The van der Waals surface area contributed by atoms with Crippen molar-refractivity contribution in [2.75, 3.05) is 13.1 Å². The number of hydrogen-bond donors (Lipinski definition) is 0. The summed E-state index contributed by atoms with van der Waals surface area (Å²) in [6, 6.07) is 43.2. The minimum atomic E-state index is 1.05. The number of hydrogen-bond acceptors (Lipinski definition) is 1. The Labute approximate surface area is 199 Å². The van der Waals surface area contributed by atoms with Crippen LogP contribution in [0.2, 0.25) is 0 Å². The van der Waals surface area contributed by atoms with E-state index >= 15 is 0 Å². The van der Waals surface area contributed by atoms with Gasteiger partial charge in [-0.2, -0.15) is 0 Å². The average molecular weight is 432 g/mol. The highest BCUT2D eigenvalue weighted by Gasteiger charge is 2.09. The third kappa shape index (κ3) is 7.22. The van der Waals surface area contributed by atoms with Gasteiger partial charge in [0.15, 0.2) is 0 Å². The molecule has 0 amide bonds. The molecule has 1 heteroatoms. The second-order valence-corrected chi connectivity index (χ2v) is 8.49. The van der Waals surface area contributed by atoms with E-state index < -0.39 is 0 Å². The molecule has 0 heterocycles. The lowest BCUT2D eigenvalue weighted by Crippen LogP contribution is -2.22. The molecule has 0 atom stereocenters. The molecule has 0 aromatic heterocycles. The largest absolute Gasteiger partial charge is 0.377 e. The molecule has 0 aliphatic rings. The molecule has 0 N–H and O–H groups in total. The van der Waals surface area contributed by atoms with Gasteiger partial charge in [0.1, 0.15) is 0 Å². The van der Waals surface area contributed by atoms with Gasteiger partial charge in [-0.1, -0.05) is 121 Å². The van der Waals surface area contributed by atoms with Crippen LogP contribution in [0.15, 0.2) is 128 Å². The van der Waals surface area contributed by atoms with E-state index in [1.807, 2.05) is 0 Å². The Morgan fingerprint density at radius 1 is 0.485 bits per heavy atom. The van der Waals surface area contributed by atoms with Crippen molar-refractivity contribution in [3.05, 3.63) is 150 Å². The summed E-state index contributed by atoms with van der Waals surface area (Å²) in [4.78, 5) is 2.53. The number of rotatable bonds is 11. The van der Waals surface area contributed by atoms with E-state index in [2.05, 4.69) is 132 Å². The van der Waals surface area contributed by atoms with Crippen LogP contribution in [0.4, 0.5) is 0 Å². The zero-order chi connectivity index (χ0) is 22.6. The van der Waals surface area contributed by atoms with Crippen molar-refractivity contribution in [3.8, 4) is 0 Å². The summed E-state index contributed by atoms with van der Waals surface area (Å²) >= 11 is 0. The molecule has 0 fully saturated rings. The predicted molar refractivity (Wildman–Crippen MR) is 141 cm³/mol. The number of aryl methyl sites for hydroxylation is 2. The van der Waals surface area contributed by atoms with Gasteiger partial charge in [0.2, 0.25) is 0 Å². The van der Waals surface area contributed by atoms with Crippen LogP contribution in [0.1, 0.15) is 35.1 Å². The molecule has 0 spiro atoms. The van der Waals surface area contributed by atoms with Crippen LogP contribution in [0.25, 0.3) is 5.57 Å². The topological polar surface area (TPSA) is 3.24 Å². The molecule has 0 bridgehead atoms. The van der Waals surface area contributed by atoms with Crippen molar-refractivity contribution in [1.29, 1.82) is 0 Å². The van der Waals surface area contributed by atoms with Crippen molar-refractivity contribution < 1.29 is 0 Å². The van der Waals surface area contributed by atoms with Crippen molar-refractivity contribution >= 4 is 5.57 Å². The summed E-state index contributed by atoms with van der Waals surface area (Å²) < 4.78 is 0. The van der Waals surface area contributed by atoms with Crippen molar-refractivity contribution in [1.82, 2.24) is 4.90 Å². The van der Waals surface area contributed by atoms with E-state index in [4.69, 9.17) is 0 Å². The Balaban J connectivity index is 1.52. The van der Waals surface area contributed by atoms with Crippen LogP contribution >= 0.6 is 0 Å². The van der Waals surface area contributed by atoms with E-state index in [0.29, 0.717) is 0 Å². The Morgan fingerprint density at radius 2 is 0.848 bits per heavy atom. The Morgan fingerprint density at radius 3 is 1.24 bits per heavy atom. The average Bonchev–Trinajstić information content (AvgIpc) is 2.89. The van der Waals surface area contributed by atoms with Gasteiger partial charge in [0.25, 0.3) is 0 Å². The highest BCUT2D eigenvalue weighted by Crippen LogP contribution is 2.24. The standard InChI is InChI=1S/C32H33N/c1-5-15-28(16-6-1)19-13-25-33(26-14-20-29-17-7-2-8-18-29)27-32(30-21-9-3-10-22-30)31-23-11-4-12-24-31/h1-12,15-18,21-24,27H,13-14,19-20,25-26H2. The molecule has 0 aliphatic heterocycles. The van der Waals surface area contributed by atoms with E-state index in [0.717, 1.165) is 38.8 Å². The van der Waals surface area contributed by atoms with E-state index in [1.165, 1.54) is 27.8 Å². The summed E-state index contributed by atoms with van der Waals surface area (Å²) in [5.74, 6) is 0. The molecule has 0 aliphatic carbocycles. The third-order valence-electron chi connectivity index (χ3n) is 5.99. The van der Waals surface area contributed by atoms with E-state index in [1.54, 1.807) is 0 Å². The van der Waals surface area contributed by atoms with Gasteiger partial charge in [0, 0.05) is 24.9 Å². The number of benzene rings is 4. The summed E-state index contributed by atoms with van der Waals surface area (Å²) in [5.41, 5.74) is 6.64. The third-order valence-corrected chi connectivity index (χ3v) is 5.99. The van der Waals surface area contributed by atoms with E-state index in [-0.39, 0.29) is 0 Å². The van der Waals surface area contributed by atoms with Gasteiger partial charge in [-0.15, -0.1) is 0 Å². The normalized spacial score (nSPS) is 10.5. The molecular formula is C32H33N. The number of nitrogens with zero attached hydrogens (tertiary/aromatic N) is 1. The summed E-state index contributed by atoms with van der Waals surface area (Å²) in [7, 11) is 0. The molecule has 1 nitrogen and oxygen atoms in total. The molecule has 0 saturated heterocycles. The molecular weight excluding hydrogens is 398 g/mol. The van der Waals surface area contributed by atoms with Gasteiger partial charge in [0.05, 0.1) is 0 Å². The van der Waals surface area contributed by atoms with Crippen molar-refractivity contribution in [3.63, 3.8) is 0 Å². The summed E-state index contributed by atoms with van der Waals surface area (Å²) in [6.45, 7) is 2.10. The van der Waals surface area contributed by atoms with Crippen LogP contribution in [0.5, 0.6) is 0 Å². The van der Waals surface area contributed by atoms with Crippen molar-refractivity contribution in [2.24, 2.45) is 0 Å². The quantitative estimate of drug-likeness (QED) is 0.236. The van der Waals surface area contributed by atoms with Gasteiger partial charge >= 0.3 is 0 Å². The fourth-order valence-corrected chi connectivity index (χ4v) is 4.24. The maximum Gasteiger partial charge on any atom is 0.0175 e. The highest BCUT2D eigenvalue weighted by molar-refractivity contribution is 5.79. The monoisotopic (exact) mass is 431 g/mol. The first kappa shape index (κ1) is 22.6. The second kappa shape index (κ2) is 12.5. The van der Waals surface area contributed by atoms with E-state index in [9.17, 15) is 0 Å². The molecule has 4 aromatic carbocycles. The zero-order valence-electron chi connectivity index (χ0n) is 19.3. The summed E-state index contributed by atoms with van der Waals surface area (Å²) in [5, 5.41) is 0. The molecule has 33 heavy (non-hydrogen) atoms. The maximum atomic E-state index is 2.53. The maximum absolute atomic E-state index is 2.53. The summed E-state index contributed by atoms with van der Waals surface area (Å²) in [6.07, 6.45) is 6.89. The Hall–Kier alpha value is -3.58. The molecule has 166 valence electrons. The minimum absolute atomic E-state index is 1.05. The molecule has 4 aromatic rings. The lowest BCUT2D eigenvalue weighted by atomic mass is 9.98. The minimum Gasteiger partial charge on any atom is -0.377 e. The van der Waals surface area contributed by atoms with Gasteiger partial charge in [-0.05, 0) is 47.9 Å². The lowest BCUT2D eigenvalue weighted by molar-refractivity contribution is 0.364. The molecule has 0 saturated carbocycles. The lowest BCUT2D eigenvalue weighted by Gasteiger charge is -2.23.